The van der Waals surface area contributed by atoms with E-state index in [4.69, 9.17) is 0 Å². The summed E-state index contributed by atoms with van der Waals surface area (Å²) >= 11 is 0. The van der Waals surface area contributed by atoms with Crippen molar-refractivity contribution >= 4 is 5.78 Å². The van der Waals surface area contributed by atoms with Gasteiger partial charge in [0.05, 0.1) is 0 Å². The predicted molar refractivity (Wildman–Crippen MR) is 41.7 cm³/mol. The van der Waals surface area contributed by atoms with Crippen LogP contribution in [0.2, 0.25) is 0 Å². The molecule has 2 atom stereocenters. The third kappa shape index (κ3) is 1.39. The molecule has 1 saturated carbocycles. The largest absolute Gasteiger partial charge is 0.299 e. The van der Waals surface area contributed by atoms with Crippen LogP contribution in [0.1, 0.15) is 34.1 Å². The van der Waals surface area contributed by atoms with Crippen LogP contribution in [0, 0.1) is 17.3 Å². The van der Waals surface area contributed by atoms with Crippen LogP contribution in [0.5, 0.6) is 0 Å². The number of rotatable bonds is 1. The lowest BCUT2D eigenvalue weighted by molar-refractivity contribution is -0.127. The minimum Gasteiger partial charge on any atom is -0.299 e. The van der Waals surface area contributed by atoms with Crippen molar-refractivity contribution < 1.29 is 4.79 Å². The molecule has 0 aromatic rings. The van der Waals surface area contributed by atoms with E-state index < -0.39 is 0 Å². The molecule has 0 aromatic carbocycles. The maximum atomic E-state index is 11.4. The number of hydrogen-bond donors (Lipinski definition) is 0. The van der Waals surface area contributed by atoms with Crippen molar-refractivity contribution in [3.05, 3.63) is 0 Å². The first-order valence-corrected chi connectivity index (χ1v) is 3.97. The molecular weight excluding hydrogens is 124 g/mol. The Hall–Kier alpha value is -0.330. The van der Waals surface area contributed by atoms with E-state index in [9.17, 15) is 4.79 Å². The predicted octanol–water partition coefficient (Wildman–Crippen LogP) is 2.26. The molecule has 1 aliphatic carbocycles. The maximum Gasteiger partial charge on any atom is 0.141 e. The first-order chi connectivity index (χ1) is 4.43. The average molecular weight is 140 g/mol. The fourth-order valence-electron chi connectivity index (χ4n) is 1.24. The lowest BCUT2D eigenvalue weighted by Crippen LogP contribution is -2.22. The van der Waals surface area contributed by atoms with Crippen LogP contribution in [-0.2, 0) is 4.79 Å². The number of carbonyl (C=O) groups is 1. The Labute approximate surface area is 62.8 Å². The fourth-order valence-corrected chi connectivity index (χ4v) is 1.24. The zero-order valence-corrected chi connectivity index (χ0v) is 7.27. The maximum absolute atomic E-state index is 11.4. The molecule has 0 aromatic heterocycles. The molecule has 1 fully saturated rings. The number of hydrogen-bond acceptors (Lipinski definition) is 1. The van der Waals surface area contributed by atoms with Crippen LogP contribution in [0.15, 0.2) is 0 Å². The smallest absolute Gasteiger partial charge is 0.141 e. The molecule has 0 spiro atoms. The lowest BCUT2D eigenvalue weighted by atomic mass is 9.87. The zero-order chi connectivity index (χ0) is 7.94. The van der Waals surface area contributed by atoms with Crippen LogP contribution < -0.4 is 0 Å². The first-order valence-electron chi connectivity index (χ1n) is 3.97. The van der Waals surface area contributed by atoms with E-state index in [1.165, 1.54) is 0 Å². The van der Waals surface area contributed by atoms with Gasteiger partial charge in [0.15, 0.2) is 0 Å². The molecule has 0 heterocycles. The lowest BCUT2D eigenvalue weighted by Gasteiger charge is -2.15. The molecule has 10 heavy (non-hydrogen) atoms. The van der Waals surface area contributed by atoms with E-state index in [2.05, 4.69) is 6.92 Å². The van der Waals surface area contributed by atoms with E-state index in [1.807, 2.05) is 20.8 Å². The van der Waals surface area contributed by atoms with E-state index in [0.717, 1.165) is 6.42 Å². The summed E-state index contributed by atoms with van der Waals surface area (Å²) in [6, 6.07) is 0. The summed E-state index contributed by atoms with van der Waals surface area (Å²) in [4.78, 5) is 11.4. The van der Waals surface area contributed by atoms with Gasteiger partial charge in [0.2, 0.25) is 0 Å². The molecule has 0 aliphatic heterocycles. The van der Waals surface area contributed by atoms with Gasteiger partial charge in [-0.15, -0.1) is 0 Å². The first kappa shape index (κ1) is 7.77. The van der Waals surface area contributed by atoms with Crippen LogP contribution in [0.3, 0.4) is 0 Å². The van der Waals surface area contributed by atoms with Crippen molar-refractivity contribution in [3.63, 3.8) is 0 Å². The quantitative estimate of drug-likeness (QED) is 0.546. The van der Waals surface area contributed by atoms with Crippen LogP contribution in [-0.4, -0.2) is 5.78 Å². The molecule has 0 radical (unpaired) electrons. The Morgan fingerprint density at radius 1 is 1.40 bits per heavy atom. The Balaban J connectivity index is 2.51. The highest BCUT2D eigenvalue weighted by Gasteiger charge is 2.43. The topological polar surface area (TPSA) is 17.1 Å². The third-order valence-electron chi connectivity index (χ3n) is 2.19. The van der Waals surface area contributed by atoms with Gasteiger partial charge in [-0.05, 0) is 12.3 Å². The highest BCUT2D eigenvalue weighted by atomic mass is 16.1. The van der Waals surface area contributed by atoms with Crippen molar-refractivity contribution in [3.8, 4) is 0 Å². The Morgan fingerprint density at radius 3 is 1.90 bits per heavy atom. The molecule has 58 valence electrons. The molecule has 0 saturated heterocycles. The van der Waals surface area contributed by atoms with Crippen molar-refractivity contribution in [2.75, 3.05) is 0 Å². The van der Waals surface area contributed by atoms with Gasteiger partial charge in [0.1, 0.15) is 5.78 Å². The summed E-state index contributed by atoms with van der Waals surface area (Å²) < 4.78 is 0. The summed E-state index contributed by atoms with van der Waals surface area (Å²) in [6.07, 6.45) is 1.12. The second kappa shape index (κ2) is 2.08. The Bertz CT molecular complexity index is 153. The number of ketones is 1. The zero-order valence-electron chi connectivity index (χ0n) is 7.27. The molecule has 0 bridgehead atoms. The van der Waals surface area contributed by atoms with Crippen molar-refractivity contribution in [2.45, 2.75) is 34.1 Å². The number of Topliss-reactive ketones (excluding diaryl/α,β-unsaturated/α-hetero) is 1. The van der Waals surface area contributed by atoms with Crippen LogP contribution in [0.4, 0.5) is 0 Å². The van der Waals surface area contributed by atoms with E-state index in [0.29, 0.717) is 17.6 Å². The second-order valence-corrected chi connectivity index (χ2v) is 4.43. The fraction of sp³-hybridized carbons (Fsp3) is 0.889. The highest BCUT2D eigenvalue weighted by molar-refractivity contribution is 5.88. The standard InChI is InChI=1S/C9H16O/c1-6-5-7(6)8(10)9(2,3)4/h6-7H,5H2,1-4H3/t6?,7-/m1/s1. The summed E-state index contributed by atoms with van der Waals surface area (Å²) in [6.45, 7) is 8.15. The van der Waals surface area contributed by atoms with Gasteiger partial charge in [-0.2, -0.15) is 0 Å². The van der Waals surface area contributed by atoms with Gasteiger partial charge in [-0.3, -0.25) is 4.79 Å². The number of carbonyl (C=O) groups excluding carboxylic acids is 1. The minimum absolute atomic E-state index is 0.116. The van der Waals surface area contributed by atoms with Gasteiger partial charge >= 0.3 is 0 Å². The minimum atomic E-state index is -0.116. The van der Waals surface area contributed by atoms with Gasteiger partial charge in [-0.1, -0.05) is 27.7 Å². The monoisotopic (exact) mass is 140 g/mol. The summed E-state index contributed by atoms with van der Waals surface area (Å²) in [5.41, 5.74) is -0.116. The average Bonchev–Trinajstić information content (AvgIpc) is 2.42. The van der Waals surface area contributed by atoms with Gasteiger partial charge in [0.25, 0.3) is 0 Å². The van der Waals surface area contributed by atoms with Gasteiger partial charge < -0.3 is 0 Å². The van der Waals surface area contributed by atoms with E-state index in [-0.39, 0.29) is 5.41 Å². The molecule has 0 amide bonds. The van der Waals surface area contributed by atoms with Crippen molar-refractivity contribution in [2.24, 2.45) is 17.3 Å². The molecular formula is C9H16O. The molecule has 1 rings (SSSR count). The molecule has 0 N–H and O–H groups in total. The summed E-state index contributed by atoms with van der Waals surface area (Å²) in [5, 5.41) is 0. The molecule has 1 heteroatoms. The normalized spacial score (nSPS) is 32.0. The molecule has 1 nitrogen and oxygen atoms in total. The SMILES string of the molecule is CC1C[C@H]1C(=O)C(C)(C)C. The molecule has 1 unspecified atom stereocenters. The third-order valence-corrected chi connectivity index (χ3v) is 2.19. The van der Waals surface area contributed by atoms with Crippen molar-refractivity contribution in [1.82, 2.24) is 0 Å². The van der Waals surface area contributed by atoms with Gasteiger partial charge in [0, 0.05) is 11.3 Å². The van der Waals surface area contributed by atoms with Crippen LogP contribution in [0.25, 0.3) is 0 Å². The second-order valence-electron chi connectivity index (χ2n) is 4.43. The summed E-state index contributed by atoms with van der Waals surface area (Å²) in [7, 11) is 0. The van der Waals surface area contributed by atoms with Crippen molar-refractivity contribution in [1.29, 1.82) is 0 Å². The van der Waals surface area contributed by atoms with Crippen LogP contribution >= 0.6 is 0 Å². The Morgan fingerprint density at radius 2 is 1.80 bits per heavy atom. The van der Waals surface area contributed by atoms with E-state index >= 15 is 0 Å². The van der Waals surface area contributed by atoms with E-state index in [1.54, 1.807) is 0 Å². The Kier molecular flexibility index (Phi) is 1.61. The van der Waals surface area contributed by atoms with Gasteiger partial charge in [-0.25, -0.2) is 0 Å². The summed E-state index contributed by atoms with van der Waals surface area (Å²) in [5.74, 6) is 1.49. The highest BCUT2D eigenvalue weighted by Crippen LogP contribution is 2.42. The molecule has 1 aliphatic rings.